The van der Waals surface area contributed by atoms with Gasteiger partial charge in [0.1, 0.15) is 17.3 Å². The van der Waals surface area contributed by atoms with E-state index in [-0.39, 0.29) is 23.8 Å². The first kappa shape index (κ1) is 18.5. The lowest BCUT2D eigenvalue weighted by Crippen LogP contribution is -2.57. The van der Waals surface area contributed by atoms with E-state index in [1.165, 1.54) is 37.5 Å². The largest absolute Gasteiger partial charge is 0.365 e. The molecule has 0 radical (unpaired) electrons. The number of hydrogen-bond acceptors (Lipinski definition) is 3. The minimum Gasteiger partial charge on any atom is -0.365 e. The minimum atomic E-state index is -0.557. The summed E-state index contributed by atoms with van der Waals surface area (Å²) in [6.45, 7) is 0.950. The first-order valence-electron chi connectivity index (χ1n) is 9.99. The average Bonchev–Trinajstić information content (AvgIpc) is 3.03. The fraction of sp³-hybridized carbons (Fsp3) is 0.650. The van der Waals surface area contributed by atoms with Crippen LogP contribution in [0.25, 0.3) is 0 Å². The Morgan fingerprint density at radius 3 is 2.33 bits per heavy atom. The molecule has 1 aromatic carbocycles. The molecule has 0 aliphatic carbocycles. The molecule has 27 heavy (non-hydrogen) atoms. The zero-order valence-electron chi connectivity index (χ0n) is 15.8. The average molecular weight is 378 g/mol. The van der Waals surface area contributed by atoms with E-state index in [1.807, 2.05) is 0 Å². The van der Waals surface area contributed by atoms with Crippen LogP contribution in [0, 0.1) is 11.6 Å². The smallest absolute Gasteiger partial charge is 0.315 e. The maximum absolute atomic E-state index is 14.0. The fourth-order valence-corrected chi connectivity index (χ4v) is 5.02. The van der Waals surface area contributed by atoms with Gasteiger partial charge in [-0.15, -0.1) is 0 Å². The number of halogens is 2. The molecule has 3 saturated heterocycles. The van der Waals surface area contributed by atoms with Gasteiger partial charge in [0.15, 0.2) is 0 Å². The standard InChI is InChI=1S/C20H28F2N4O/c1-25-15-4-2-5-16(25)11-14(10-15)24-20(27)23-13-8-9-26(12-13)19-17(21)6-3-7-18(19)22/h3,6-7,13-16H,2,4-5,8-12H2,1H3,(H2,23,24,27)/t13-,15-,16-/m0/s1. The lowest BCUT2D eigenvalue weighted by Gasteiger charge is -2.47. The summed E-state index contributed by atoms with van der Waals surface area (Å²) in [5.41, 5.74) is 0.00495. The number of amides is 2. The van der Waals surface area contributed by atoms with E-state index in [2.05, 4.69) is 22.6 Å². The summed E-state index contributed by atoms with van der Waals surface area (Å²) in [4.78, 5) is 16.6. The molecule has 3 heterocycles. The number of nitrogens with zero attached hydrogens (tertiary/aromatic N) is 2. The first-order chi connectivity index (χ1) is 13.0. The molecule has 5 nitrogen and oxygen atoms in total. The third-order valence-electron chi connectivity index (χ3n) is 6.45. The van der Waals surface area contributed by atoms with Crippen molar-refractivity contribution in [2.45, 2.75) is 62.7 Å². The van der Waals surface area contributed by atoms with Crippen molar-refractivity contribution >= 4 is 11.7 Å². The van der Waals surface area contributed by atoms with E-state index in [1.54, 1.807) is 4.90 Å². The van der Waals surface area contributed by atoms with Gasteiger partial charge in [-0.2, -0.15) is 0 Å². The third kappa shape index (κ3) is 3.88. The highest BCUT2D eigenvalue weighted by Gasteiger charge is 2.37. The molecule has 3 aliphatic rings. The number of piperidine rings is 2. The van der Waals surface area contributed by atoms with E-state index in [4.69, 9.17) is 0 Å². The van der Waals surface area contributed by atoms with Gasteiger partial charge in [0.25, 0.3) is 0 Å². The molecule has 0 aromatic heterocycles. The van der Waals surface area contributed by atoms with Gasteiger partial charge >= 0.3 is 6.03 Å². The maximum Gasteiger partial charge on any atom is 0.315 e. The quantitative estimate of drug-likeness (QED) is 0.850. The van der Waals surface area contributed by atoms with Crippen molar-refractivity contribution in [3.05, 3.63) is 29.8 Å². The number of para-hydroxylation sites is 1. The lowest BCUT2D eigenvalue weighted by atomic mass is 9.82. The van der Waals surface area contributed by atoms with Crippen LogP contribution in [0.4, 0.5) is 19.3 Å². The van der Waals surface area contributed by atoms with Gasteiger partial charge < -0.3 is 20.4 Å². The summed E-state index contributed by atoms with van der Waals surface area (Å²) < 4.78 is 27.9. The fourth-order valence-electron chi connectivity index (χ4n) is 5.02. The molecule has 3 aliphatic heterocycles. The SMILES string of the molecule is CN1[C@H]2CCC[C@H]1CC(NC(=O)N[C@H]1CCN(c3c(F)cccc3F)C1)C2. The Bertz CT molecular complexity index is 666. The molecule has 2 bridgehead atoms. The molecular weight excluding hydrogens is 350 g/mol. The van der Waals surface area contributed by atoms with E-state index in [0.29, 0.717) is 31.6 Å². The Labute approximate surface area is 159 Å². The molecule has 0 saturated carbocycles. The molecular formula is C20H28F2N4O. The molecule has 2 amide bonds. The summed E-state index contributed by atoms with van der Waals surface area (Å²) in [6.07, 6.45) is 6.37. The summed E-state index contributed by atoms with van der Waals surface area (Å²) in [5.74, 6) is -1.11. The number of hydrogen-bond donors (Lipinski definition) is 2. The monoisotopic (exact) mass is 378 g/mol. The minimum absolute atomic E-state index is 0.00495. The zero-order chi connectivity index (χ0) is 19.0. The predicted molar refractivity (Wildman–Crippen MR) is 101 cm³/mol. The number of fused-ring (bicyclic) bond motifs is 2. The van der Waals surface area contributed by atoms with E-state index >= 15 is 0 Å². The Kier molecular flexibility index (Phi) is 5.21. The van der Waals surface area contributed by atoms with Crippen molar-refractivity contribution in [2.24, 2.45) is 0 Å². The predicted octanol–water partition coefficient (Wildman–Crippen LogP) is 2.86. The molecule has 2 N–H and O–H groups in total. The van der Waals surface area contributed by atoms with E-state index < -0.39 is 11.6 Å². The number of rotatable bonds is 3. The van der Waals surface area contributed by atoms with Crippen molar-refractivity contribution in [1.82, 2.24) is 15.5 Å². The number of carbonyl (C=O) groups is 1. The van der Waals surface area contributed by atoms with E-state index in [0.717, 1.165) is 12.8 Å². The van der Waals surface area contributed by atoms with Gasteiger partial charge in [-0.1, -0.05) is 12.5 Å². The van der Waals surface area contributed by atoms with Crippen LogP contribution >= 0.6 is 0 Å². The van der Waals surface area contributed by atoms with Gasteiger partial charge in [0, 0.05) is 37.3 Å². The van der Waals surface area contributed by atoms with Crippen LogP contribution in [0.3, 0.4) is 0 Å². The molecule has 7 heteroatoms. The molecule has 3 atom stereocenters. The van der Waals surface area contributed by atoms with Gasteiger partial charge in [-0.05, 0) is 51.3 Å². The second-order valence-electron chi connectivity index (χ2n) is 8.19. The van der Waals surface area contributed by atoms with Crippen molar-refractivity contribution in [3.63, 3.8) is 0 Å². The molecule has 0 spiro atoms. The number of nitrogens with one attached hydrogen (secondary N) is 2. The summed E-state index contributed by atoms with van der Waals surface area (Å²) >= 11 is 0. The van der Waals surface area contributed by atoms with Crippen LogP contribution in [-0.2, 0) is 0 Å². The van der Waals surface area contributed by atoms with Crippen molar-refractivity contribution in [2.75, 3.05) is 25.0 Å². The highest BCUT2D eigenvalue weighted by atomic mass is 19.1. The van der Waals surface area contributed by atoms with Crippen LogP contribution < -0.4 is 15.5 Å². The Morgan fingerprint density at radius 2 is 1.67 bits per heavy atom. The molecule has 4 rings (SSSR count). The normalized spacial score (nSPS) is 31.0. The van der Waals surface area contributed by atoms with Gasteiger partial charge in [-0.3, -0.25) is 0 Å². The number of anilines is 1. The van der Waals surface area contributed by atoms with Crippen LogP contribution in [0.1, 0.15) is 38.5 Å². The van der Waals surface area contributed by atoms with E-state index in [9.17, 15) is 13.6 Å². The molecule has 148 valence electrons. The molecule has 1 aromatic rings. The lowest BCUT2D eigenvalue weighted by molar-refractivity contribution is 0.0508. The van der Waals surface area contributed by atoms with Gasteiger partial charge in [0.2, 0.25) is 0 Å². The Morgan fingerprint density at radius 1 is 1.04 bits per heavy atom. The Balaban J connectivity index is 1.29. The first-order valence-corrected chi connectivity index (χ1v) is 9.99. The highest BCUT2D eigenvalue weighted by molar-refractivity contribution is 5.74. The number of carbonyl (C=O) groups excluding carboxylic acids is 1. The van der Waals surface area contributed by atoms with Crippen LogP contribution in [0.15, 0.2) is 18.2 Å². The number of benzene rings is 1. The molecule has 0 unspecified atom stereocenters. The van der Waals surface area contributed by atoms with Crippen LogP contribution in [0.5, 0.6) is 0 Å². The summed E-state index contributed by atoms with van der Waals surface area (Å²) in [5, 5.41) is 6.12. The molecule has 3 fully saturated rings. The summed E-state index contributed by atoms with van der Waals surface area (Å²) in [6, 6.07) is 4.97. The van der Waals surface area contributed by atoms with Gasteiger partial charge in [0.05, 0.1) is 0 Å². The third-order valence-corrected chi connectivity index (χ3v) is 6.45. The van der Waals surface area contributed by atoms with Crippen molar-refractivity contribution in [3.8, 4) is 0 Å². The second kappa shape index (κ2) is 7.62. The van der Waals surface area contributed by atoms with Crippen LogP contribution in [-0.4, -0.2) is 55.2 Å². The second-order valence-corrected chi connectivity index (χ2v) is 8.19. The number of urea groups is 1. The van der Waals surface area contributed by atoms with Crippen molar-refractivity contribution in [1.29, 1.82) is 0 Å². The summed E-state index contributed by atoms with van der Waals surface area (Å²) in [7, 11) is 2.19. The maximum atomic E-state index is 14.0. The highest BCUT2D eigenvalue weighted by Crippen LogP contribution is 2.32. The Hall–Kier alpha value is -1.89. The van der Waals surface area contributed by atoms with Crippen LogP contribution in [0.2, 0.25) is 0 Å². The zero-order valence-corrected chi connectivity index (χ0v) is 15.8. The van der Waals surface area contributed by atoms with Gasteiger partial charge in [-0.25, -0.2) is 13.6 Å². The van der Waals surface area contributed by atoms with Crippen molar-refractivity contribution < 1.29 is 13.6 Å². The topological polar surface area (TPSA) is 47.6 Å².